The van der Waals surface area contributed by atoms with Gasteiger partial charge in [-0.25, -0.2) is 0 Å². The van der Waals surface area contributed by atoms with Crippen molar-refractivity contribution in [3.63, 3.8) is 0 Å². The summed E-state index contributed by atoms with van der Waals surface area (Å²) in [5, 5.41) is 14.7. The van der Waals surface area contributed by atoms with Crippen molar-refractivity contribution >= 4 is 33.4 Å². The highest BCUT2D eigenvalue weighted by Gasteiger charge is 2.22. The van der Waals surface area contributed by atoms with E-state index in [1.165, 1.54) is 19.3 Å². The lowest BCUT2D eigenvalue weighted by Crippen LogP contribution is -2.46. The molecular formula is C18H26BrN3O3. The molecule has 0 heterocycles. The maximum Gasteiger partial charge on any atom is 0.243 e. The smallest absolute Gasteiger partial charge is 0.243 e. The SMILES string of the molecule is O=C(CN(CCO)C1CCCCC1)NCC(=O)Nc1ccccc1Br. The first-order chi connectivity index (χ1) is 12.1. The molecule has 0 bridgehead atoms. The fourth-order valence-corrected chi connectivity index (χ4v) is 3.53. The molecule has 7 heteroatoms. The number of aliphatic hydroxyl groups is 1. The van der Waals surface area contributed by atoms with Crippen molar-refractivity contribution in [2.45, 2.75) is 38.1 Å². The van der Waals surface area contributed by atoms with Gasteiger partial charge in [0.05, 0.1) is 25.4 Å². The minimum Gasteiger partial charge on any atom is -0.395 e. The van der Waals surface area contributed by atoms with Crippen LogP contribution in [0.1, 0.15) is 32.1 Å². The standard InChI is InChI=1S/C18H26BrN3O3/c19-15-8-4-5-9-16(15)21-17(24)12-20-18(25)13-22(10-11-23)14-6-2-1-3-7-14/h4-5,8-9,14,23H,1-3,6-7,10-13H2,(H,20,25)(H,21,24). The van der Waals surface area contributed by atoms with Crippen molar-refractivity contribution in [2.75, 3.05) is 31.6 Å². The zero-order valence-corrected chi connectivity index (χ0v) is 15.9. The topological polar surface area (TPSA) is 81.7 Å². The highest BCUT2D eigenvalue weighted by atomic mass is 79.9. The van der Waals surface area contributed by atoms with Crippen LogP contribution in [-0.4, -0.2) is 54.1 Å². The van der Waals surface area contributed by atoms with Crippen LogP contribution in [0.4, 0.5) is 5.69 Å². The van der Waals surface area contributed by atoms with E-state index in [2.05, 4.69) is 26.6 Å². The number of anilines is 1. The van der Waals surface area contributed by atoms with Crippen molar-refractivity contribution in [3.05, 3.63) is 28.7 Å². The molecule has 0 radical (unpaired) electrons. The number of aliphatic hydroxyl groups excluding tert-OH is 1. The summed E-state index contributed by atoms with van der Waals surface area (Å²) in [5.74, 6) is -0.465. The molecule has 1 saturated carbocycles. The quantitative estimate of drug-likeness (QED) is 0.611. The van der Waals surface area contributed by atoms with Gasteiger partial charge in [-0.05, 0) is 40.9 Å². The normalized spacial score (nSPS) is 15.2. The van der Waals surface area contributed by atoms with Crippen molar-refractivity contribution in [3.8, 4) is 0 Å². The number of benzene rings is 1. The van der Waals surface area contributed by atoms with Crippen molar-refractivity contribution in [2.24, 2.45) is 0 Å². The molecule has 1 aromatic carbocycles. The second kappa shape index (κ2) is 10.5. The lowest BCUT2D eigenvalue weighted by Gasteiger charge is -2.33. The van der Waals surface area contributed by atoms with E-state index in [9.17, 15) is 14.7 Å². The summed E-state index contributed by atoms with van der Waals surface area (Å²) in [4.78, 5) is 26.2. The first-order valence-electron chi connectivity index (χ1n) is 8.76. The molecule has 1 aromatic rings. The Morgan fingerprint density at radius 3 is 2.56 bits per heavy atom. The minimum atomic E-state index is -0.272. The first kappa shape index (κ1) is 19.9. The molecule has 3 N–H and O–H groups in total. The van der Waals surface area contributed by atoms with E-state index in [0.717, 1.165) is 17.3 Å². The number of para-hydroxylation sites is 1. The third-order valence-electron chi connectivity index (χ3n) is 4.42. The summed E-state index contributed by atoms with van der Waals surface area (Å²) >= 11 is 3.37. The molecule has 0 aromatic heterocycles. The Morgan fingerprint density at radius 1 is 1.16 bits per heavy atom. The van der Waals surface area contributed by atoms with Crippen LogP contribution in [-0.2, 0) is 9.59 Å². The minimum absolute atomic E-state index is 0.0340. The second-order valence-electron chi connectivity index (χ2n) is 6.29. The van der Waals surface area contributed by atoms with Crippen LogP contribution in [0.3, 0.4) is 0 Å². The Bertz CT molecular complexity index is 576. The third kappa shape index (κ3) is 6.76. The maximum absolute atomic E-state index is 12.2. The molecule has 1 fully saturated rings. The number of hydrogen-bond acceptors (Lipinski definition) is 4. The zero-order chi connectivity index (χ0) is 18.1. The van der Waals surface area contributed by atoms with Crippen molar-refractivity contribution in [1.29, 1.82) is 0 Å². The average Bonchev–Trinajstić information content (AvgIpc) is 2.62. The van der Waals surface area contributed by atoms with Crippen LogP contribution >= 0.6 is 15.9 Å². The predicted octanol–water partition coefficient (Wildman–Crippen LogP) is 2.13. The molecule has 2 amide bonds. The molecule has 0 atom stereocenters. The summed E-state index contributed by atoms with van der Waals surface area (Å²) < 4.78 is 0.793. The third-order valence-corrected chi connectivity index (χ3v) is 5.11. The monoisotopic (exact) mass is 411 g/mol. The van der Waals surface area contributed by atoms with Gasteiger partial charge in [0.1, 0.15) is 0 Å². The lowest BCUT2D eigenvalue weighted by molar-refractivity contribution is -0.125. The van der Waals surface area contributed by atoms with Gasteiger partial charge in [-0.3, -0.25) is 14.5 Å². The molecule has 138 valence electrons. The van der Waals surface area contributed by atoms with Crippen molar-refractivity contribution < 1.29 is 14.7 Å². The van der Waals surface area contributed by atoms with Crippen LogP contribution in [0.25, 0.3) is 0 Å². The molecule has 0 aliphatic heterocycles. The van der Waals surface area contributed by atoms with E-state index < -0.39 is 0 Å². The Morgan fingerprint density at radius 2 is 1.88 bits per heavy atom. The van der Waals surface area contributed by atoms with Crippen LogP contribution < -0.4 is 10.6 Å². The molecule has 1 aliphatic carbocycles. The van der Waals surface area contributed by atoms with Gasteiger partial charge >= 0.3 is 0 Å². The predicted molar refractivity (Wildman–Crippen MR) is 101 cm³/mol. The largest absolute Gasteiger partial charge is 0.395 e. The van der Waals surface area contributed by atoms with Crippen LogP contribution in [0.5, 0.6) is 0 Å². The van der Waals surface area contributed by atoms with Crippen molar-refractivity contribution in [1.82, 2.24) is 10.2 Å². The number of carbonyl (C=O) groups excluding carboxylic acids is 2. The van der Waals surface area contributed by atoms with E-state index in [1.54, 1.807) is 6.07 Å². The molecule has 6 nitrogen and oxygen atoms in total. The van der Waals surface area contributed by atoms with Gasteiger partial charge in [0, 0.05) is 17.1 Å². The number of nitrogens with one attached hydrogen (secondary N) is 2. The number of halogens is 1. The van der Waals surface area contributed by atoms with Gasteiger partial charge < -0.3 is 15.7 Å². The Labute approximate surface area is 157 Å². The van der Waals surface area contributed by atoms with E-state index in [4.69, 9.17) is 0 Å². The highest BCUT2D eigenvalue weighted by molar-refractivity contribution is 9.10. The number of nitrogens with zero attached hydrogens (tertiary/aromatic N) is 1. The summed E-state index contributed by atoms with van der Waals surface area (Å²) in [6, 6.07) is 7.67. The zero-order valence-electron chi connectivity index (χ0n) is 14.3. The van der Waals surface area contributed by atoms with E-state index >= 15 is 0 Å². The van der Waals surface area contributed by atoms with Gasteiger partial charge in [0.2, 0.25) is 11.8 Å². The van der Waals surface area contributed by atoms with E-state index in [-0.39, 0.29) is 31.5 Å². The highest BCUT2D eigenvalue weighted by Crippen LogP contribution is 2.22. The Kier molecular flexibility index (Phi) is 8.37. The van der Waals surface area contributed by atoms with Gasteiger partial charge in [-0.1, -0.05) is 31.4 Å². The lowest BCUT2D eigenvalue weighted by atomic mass is 9.94. The summed E-state index contributed by atoms with van der Waals surface area (Å²) in [7, 11) is 0. The average molecular weight is 412 g/mol. The first-order valence-corrected chi connectivity index (χ1v) is 9.55. The fourth-order valence-electron chi connectivity index (χ4n) is 3.14. The van der Waals surface area contributed by atoms with Gasteiger partial charge in [0.25, 0.3) is 0 Å². The Hall–Kier alpha value is -1.44. The molecule has 2 rings (SSSR count). The van der Waals surface area contributed by atoms with Crippen LogP contribution in [0, 0.1) is 0 Å². The second-order valence-corrected chi connectivity index (χ2v) is 7.15. The van der Waals surface area contributed by atoms with Gasteiger partial charge in [0.15, 0.2) is 0 Å². The summed E-state index contributed by atoms with van der Waals surface area (Å²) in [6.07, 6.45) is 5.71. The molecule has 0 unspecified atom stereocenters. The number of carbonyl (C=O) groups is 2. The molecule has 0 spiro atoms. The molecular weight excluding hydrogens is 386 g/mol. The molecule has 0 saturated heterocycles. The number of hydrogen-bond donors (Lipinski definition) is 3. The van der Waals surface area contributed by atoms with Gasteiger partial charge in [-0.2, -0.15) is 0 Å². The fraction of sp³-hybridized carbons (Fsp3) is 0.556. The van der Waals surface area contributed by atoms with E-state index in [0.29, 0.717) is 18.3 Å². The van der Waals surface area contributed by atoms with Crippen LogP contribution in [0.15, 0.2) is 28.7 Å². The number of amides is 2. The molecule has 1 aliphatic rings. The van der Waals surface area contributed by atoms with Crippen LogP contribution in [0.2, 0.25) is 0 Å². The molecule has 25 heavy (non-hydrogen) atoms. The maximum atomic E-state index is 12.2. The van der Waals surface area contributed by atoms with E-state index in [1.807, 2.05) is 23.1 Å². The Balaban J connectivity index is 1.78. The van der Waals surface area contributed by atoms with Gasteiger partial charge in [-0.15, -0.1) is 0 Å². The number of rotatable bonds is 8. The summed E-state index contributed by atoms with van der Waals surface area (Å²) in [6.45, 7) is 0.666. The summed E-state index contributed by atoms with van der Waals surface area (Å²) in [5.41, 5.74) is 0.672.